The molecular weight excluding hydrogens is 227 g/mol. The van der Waals surface area contributed by atoms with Crippen LogP contribution in [-0.2, 0) is 13.0 Å². The van der Waals surface area contributed by atoms with Gasteiger partial charge in [-0.05, 0) is 18.6 Å². The summed E-state index contributed by atoms with van der Waals surface area (Å²) >= 11 is 4.91. The zero-order valence-corrected chi connectivity index (χ0v) is 9.08. The Morgan fingerprint density at radius 2 is 2.13 bits per heavy atom. The zero-order chi connectivity index (χ0) is 11.5. The Bertz CT molecular complexity index is 366. The fraction of sp³-hybridized carbons (Fsp3) is 0.750. The van der Waals surface area contributed by atoms with E-state index in [0.717, 1.165) is 0 Å². The van der Waals surface area contributed by atoms with Crippen LogP contribution in [0.5, 0.6) is 0 Å². The van der Waals surface area contributed by atoms with E-state index in [1.807, 2.05) is 6.92 Å². The molecule has 1 rings (SSSR count). The quantitative estimate of drug-likeness (QED) is 0.820. The SMILES string of the molecule is CCc1n[nH]c(=S)n1CCCC(F)(F)F. The van der Waals surface area contributed by atoms with Gasteiger partial charge in [-0.1, -0.05) is 6.92 Å². The van der Waals surface area contributed by atoms with E-state index >= 15 is 0 Å². The first-order valence-corrected chi connectivity index (χ1v) is 5.05. The zero-order valence-electron chi connectivity index (χ0n) is 8.26. The number of nitrogens with zero attached hydrogens (tertiary/aromatic N) is 2. The molecule has 1 aromatic heterocycles. The number of nitrogens with one attached hydrogen (secondary N) is 1. The monoisotopic (exact) mass is 239 g/mol. The lowest BCUT2D eigenvalue weighted by atomic mass is 10.3. The highest BCUT2D eigenvalue weighted by Crippen LogP contribution is 2.21. The van der Waals surface area contributed by atoms with Gasteiger partial charge in [-0.2, -0.15) is 18.3 Å². The van der Waals surface area contributed by atoms with Gasteiger partial charge in [0, 0.05) is 19.4 Å². The van der Waals surface area contributed by atoms with Crippen molar-refractivity contribution in [3.05, 3.63) is 10.6 Å². The van der Waals surface area contributed by atoms with Gasteiger partial charge in [-0.25, -0.2) is 0 Å². The molecule has 0 bridgehead atoms. The first kappa shape index (κ1) is 12.2. The Kier molecular flexibility index (Phi) is 3.90. The first-order valence-electron chi connectivity index (χ1n) is 4.65. The number of H-pyrrole nitrogens is 1. The number of aryl methyl sites for hydroxylation is 1. The fourth-order valence-corrected chi connectivity index (χ4v) is 1.53. The molecule has 1 aromatic rings. The van der Waals surface area contributed by atoms with Gasteiger partial charge < -0.3 is 4.57 Å². The molecule has 0 aromatic carbocycles. The van der Waals surface area contributed by atoms with Gasteiger partial charge in [-0.15, -0.1) is 0 Å². The molecule has 0 aliphatic heterocycles. The molecule has 15 heavy (non-hydrogen) atoms. The third kappa shape index (κ3) is 3.65. The molecule has 0 spiro atoms. The highest BCUT2D eigenvalue weighted by molar-refractivity contribution is 7.71. The lowest BCUT2D eigenvalue weighted by Gasteiger charge is -2.07. The van der Waals surface area contributed by atoms with E-state index in [4.69, 9.17) is 12.2 Å². The lowest BCUT2D eigenvalue weighted by molar-refractivity contribution is -0.135. The Hall–Kier alpha value is -0.850. The molecule has 0 atom stereocenters. The van der Waals surface area contributed by atoms with E-state index in [9.17, 15) is 13.2 Å². The van der Waals surface area contributed by atoms with Crippen molar-refractivity contribution in [3.63, 3.8) is 0 Å². The molecule has 7 heteroatoms. The topological polar surface area (TPSA) is 33.6 Å². The van der Waals surface area contributed by atoms with E-state index in [1.165, 1.54) is 0 Å². The van der Waals surface area contributed by atoms with Crippen molar-refractivity contribution in [2.24, 2.45) is 0 Å². The van der Waals surface area contributed by atoms with Gasteiger partial charge in [0.25, 0.3) is 0 Å². The predicted molar refractivity (Wildman–Crippen MR) is 52.1 cm³/mol. The van der Waals surface area contributed by atoms with Crippen molar-refractivity contribution in [3.8, 4) is 0 Å². The summed E-state index contributed by atoms with van der Waals surface area (Å²) in [4.78, 5) is 0. The maximum absolute atomic E-state index is 11.9. The summed E-state index contributed by atoms with van der Waals surface area (Å²) in [5, 5.41) is 6.48. The number of rotatable bonds is 4. The molecule has 0 saturated carbocycles. The summed E-state index contributed by atoms with van der Waals surface area (Å²) in [6.07, 6.45) is -4.20. The summed E-state index contributed by atoms with van der Waals surface area (Å²) < 4.78 is 37.7. The van der Waals surface area contributed by atoms with Crippen LogP contribution in [-0.4, -0.2) is 20.9 Å². The minimum absolute atomic E-state index is 0.0321. The van der Waals surface area contributed by atoms with E-state index in [-0.39, 0.29) is 13.0 Å². The minimum atomic E-state index is -4.10. The molecule has 0 fully saturated rings. The van der Waals surface area contributed by atoms with Crippen LogP contribution in [0.4, 0.5) is 13.2 Å². The van der Waals surface area contributed by atoms with Crippen LogP contribution in [0.15, 0.2) is 0 Å². The molecule has 0 amide bonds. The highest BCUT2D eigenvalue weighted by Gasteiger charge is 2.26. The number of aromatic amines is 1. The Morgan fingerprint density at radius 1 is 1.47 bits per heavy atom. The van der Waals surface area contributed by atoms with Crippen LogP contribution in [0.3, 0.4) is 0 Å². The number of aromatic nitrogens is 3. The lowest BCUT2D eigenvalue weighted by Crippen LogP contribution is -2.10. The second-order valence-electron chi connectivity index (χ2n) is 3.17. The van der Waals surface area contributed by atoms with Crippen molar-refractivity contribution in [1.29, 1.82) is 0 Å². The second kappa shape index (κ2) is 4.78. The third-order valence-corrected chi connectivity index (χ3v) is 2.31. The van der Waals surface area contributed by atoms with Gasteiger partial charge in [0.15, 0.2) is 4.77 Å². The van der Waals surface area contributed by atoms with E-state index in [0.29, 0.717) is 17.0 Å². The summed E-state index contributed by atoms with van der Waals surface area (Å²) in [7, 11) is 0. The van der Waals surface area contributed by atoms with Gasteiger partial charge >= 0.3 is 6.18 Å². The summed E-state index contributed by atoms with van der Waals surface area (Å²) in [6, 6.07) is 0. The van der Waals surface area contributed by atoms with Crippen LogP contribution < -0.4 is 0 Å². The standard InChI is InChI=1S/C8H12F3N3S/c1-2-6-12-13-7(15)14(6)5-3-4-8(9,10)11/h2-5H2,1H3,(H,13,15). The Balaban J connectivity index is 2.57. The third-order valence-electron chi connectivity index (χ3n) is 2.00. The largest absolute Gasteiger partial charge is 0.389 e. The van der Waals surface area contributed by atoms with Crippen LogP contribution in [0.1, 0.15) is 25.6 Å². The van der Waals surface area contributed by atoms with Crippen LogP contribution in [0.25, 0.3) is 0 Å². The van der Waals surface area contributed by atoms with Crippen LogP contribution in [0.2, 0.25) is 0 Å². The fourth-order valence-electron chi connectivity index (χ4n) is 1.29. The maximum atomic E-state index is 11.9. The van der Waals surface area contributed by atoms with Crippen LogP contribution >= 0.6 is 12.2 Å². The van der Waals surface area contributed by atoms with Crippen LogP contribution in [0, 0.1) is 4.77 Å². The summed E-state index contributed by atoms with van der Waals surface area (Å²) in [5.74, 6) is 0.696. The van der Waals surface area contributed by atoms with Crippen molar-refractivity contribution in [1.82, 2.24) is 14.8 Å². The van der Waals surface area contributed by atoms with Crippen molar-refractivity contribution in [2.75, 3.05) is 0 Å². The molecule has 0 aliphatic rings. The molecule has 3 nitrogen and oxygen atoms in total. The molecule has 1 heterocycles. The van der Waals surface area contributed by atoms with Gasteiger partial charge in [-0.3, -0.25) is 5.10 Å². The minimum Gasteiger partial charge on any atom is -0.304 e. The average Bonchev–Trinajstić information content (AvgIpc) is 2.46. The molecule has 0 radical (unpaired) electrons. The van der Waals surface area contributed by atoms with E-state index in [1.54, 1.807) is 4.57 Å². The highest BCUT2D eigenvalue weighted by atomic mass is 32.1. The number of halogens is 3. The predicted octanol–water partition coefficient (Wildman–Crippen LogP) is 2.85. The molecule has 1 N–H and O–H groups in total. The molecule has 0 aliphatic carbocycles. The Morgan fingerprint density at radius 3 is 2.67 bits per heavy atom. The molecule has 0 unspecified atom stereocenters. The van der Waals surface area contributed by atoms with Crippen molar-refractivity contribution < 1.29 is 13.2 Å². The number of hydrogen-bond acceptors (Lipinski definition) is 2. The number of alkyl halides is 3. The van der Waals surface area contributed by atoms with Crippen molar-refractivity contribution in [2.45, 2.75) is 38.9 Å². The first-order chi connectivity index (χ1) is 6.94. The Labute approximate surface area is 90.3 Å². The summed E-state index contributed by atoms with van der Waals surface area (Å²) in [5.41, 5.74) is 0. The molecule has 86 valence electrons. The van der Waals surface area contributed by atoms with Gasteiger partial charge in [0.1, 0.15) is 5.82 Å². The smallest absolute Gasteiger partial charge is 0.304 e. The van der Waals surface area contributed by atoms with E-state index < -0.39 is 12.6 Å². The molecule has 0 saturated heterocycles. The summed E-state index contributed by atoms with van der Waals surface area (Å²) in [6.45, 7) is 2.14. The normalized spacial score (nSPS) is 12.0. The number of hydrogen-bond donors (Lipinski definition) is 1. The maximum Gasteiger partial charge on any atom is 0.389 e. The average molecular weight is 239 g/mol. The van der Waals surface area contributed by atoms with Gasteiger partial charge in [0.05, 0.1) is 0 Å². The van der Waals surface area contributed by atoms with E-state index in [2.05, 4.69) is 10.2 Å². The molecular formula is C8H12F3N3S. The van der Waals surface area contributed by atoms with Gasteiger partial charge in [0.2, 0.25) is 0 Å². The second-order valence-corrected chi connectivity index (χ2v) is 3.56. The van der Waals surface area contributed by atoms with Crippen molar-refractivity contribution >= 4 is 12.2 Å².